The summed E-state index contributed by atoms with van der Waals surface area (Å²) in [6.45, 7) is 2.25. The Morgan fingerprint density at radius 1 is 1.53 bits per heavy atom. The minimum Gasteiger partial charge on any atom is -0.481 e. The van der Waals surface area contributed by atoms with Crippen LogP contribution in [0.1, 0.15) is 16.1 Å². The van der Waals surface area contributed by atoms with Gasteiger partial charge in [-0.1, -0.05) is 11.6 Å². The normalized spacial score (nSPS) is 15.5. The van der Waals surface area contributed by atoms with Crippen LogP contribution in [0.3, 0.4) is 0 Å². The Kier molecular flexibility index (Phi) is 3.02. The molecule has 0 saturated carbocycles. The number of carboxylic acid groups (broad SMARTS) is 1. The average molecular weight is 255 g/mol. The van der Waals surface area contributed by atoms with E-state index >= 15 is 0 Å². The van der Waals surface area contributed by atoms with Gasteiger partial charge in [0.15, 0.2) is 0 Å². The van der Waals surface area contributed by atoms with Gasteiger partial charge in [0.25, 0.3) is 5.91 Å². The van der Waals surface area contributed by atoms with E-state index in [1.54, 1.807) is 13.0 Å². The molecule has 0 radical (unpaired) electrons. The van der Waals surface area contributed by atoms with Gasteiger partial charge in [-0.05, 0) is 13.0 Å². The first-order valence-corrected chi connectivity index (χ1v) is 5.51. The fourth-order valence-corrected chi connectivity index (χ4v) is 1.94. The van der Waals surface area contributed by atoms with E-state index in [9.17, 15) is 9.59 Å². The van der Waals surface area contributed by atoms with E-state index in [0.29, 0.717) is 10.6 Å². The maximum absolute atomic E-state index is 11.9. The molecule has 1 amide bonds. The molecular formula is C11H11ClN2O3. The van der Waals surface area contributed by atoms with Crippen molar-refractivity contribution in [3.05, 3.63) is 28.5 Å². The van der Waals surface area contributed by atoms with Gasteiger partial charge >= 0.3 is 5.97 Å². The van der Waals surface area contributed by atoms with Gasteiger partial charge < -0.3 is 10.0 Å². The monoisotopic (exact) mass is 254 g/mol. The molecule has 0 aromatic carbocycles. The number of likely N-dealkylation sites (tertiary alicyclic amines) is 1. The van der Waals surface area contributed by atoms with Crippen molar-refractivity contribution in [3.63, 3.8) is 0 Å². The van der Waals surface area contributed by atoms with E-state index in [1.165, 1.54) is 11.1 Å². The smallest absolute Gasteiger partial charge is 0.310 e. The van der Waals surface area contributed by atoms with Crippen LogP contribution in [0.15, 0.2) is 12.3 Å². The number of pyridine rings is 1. The Balaban J connectivity index is 2.09. The Bertz CT molecular complexity index is 484. The third-order valence-corrected chi connectivity index (χ3v) is 3.05. The van der Waals surface area contributed by atoms with Crippen molar-refractivity contribution < 1.29 is 14.7 Å². The standard InChI is InChI=1S/C11H11ClN2O3/c1-6-2-9(12)8(3-13-6)10(15)14-4-7(5-14)11(16)17/h2-3,7H,4-5H2,1H3,(H,16,17). The first-order chi connectivity index (χ1) is 7.99. The third-order valence-electron chi connectivity index (χ3n) is 2.74. The van der Waals surface area contributed by atoms with Gasteiger partial charge in [-0.2, -0.15) is 0 Å². The Hall–Kier alpha value is -1.62. The van der Waals surface area contributed by atoms with Crippen molar-refractivity contribution in [3.8, 4) is 0 Å². The predicted octanol–water partition coefficient (Wildman–Crippen LogP) is 1.20. The Morgan fingerprint density at radius 3 is 2.71 bits per heavy atom. The van der Waals surface area contributed by atoms with Crippen molar-refractivity contribution in [1.29, 1.82) is 0 Å². The van der Waals surface area contributed by atoms with Crippen LogP contribution >= 0.6 is 11.6 Å². The summed E-state index contributed by atoms with van der Waals surface area (Å²) in [5.74, 6) is -1.60. The summed E-state index contributed by atoms with van der Waals surface area (Å²) in [4.78, 5) is 28.0. The molecular weight excluding hydrogens is 244 g/mol. The molecule has 0 aliphatic carbocycles. The van der Waals surface area contributed by atoms with Gasteiger partial charge in [-0.15, -0.1) is 0 Å². The number of rotatable bonds is 2. The first-order valence-electron chi connectivity index (χ1n) is 5.13. The van der Waals surface area contributed by atoms with E-state index < -0.39 is 11.9 Å². The Morgan fingerprint density at radius 2 is 2.18 bits per heavy atom. The molecule has 0 unspecified atom stereocenters. The van der Waals surface area contributed by atoms with Gasteiger partial charge in [-0.25, -0.2) is 0 Å². The molecule has 1 aromatic heterocycles. The average Bonchev–Trinajstić information content (AvgIpc) is 2.13. The fraction of sp³-hybridized carbons (Fsp3) is 0.364. The molecule has 1 aromatic rings. The highest BCUT2D eigenvalue weighted by Gasteiger charge is 2.36. The molecule has 0 spiro atoms. The van der Waals surface area contributed by atoms with Gasteiger partial charge in [0.05, 0.1) is 16.5 Å². The lowest BCUT2D eigenvalue weighted by Gasteiger charge is -2.36. The van der Waals surface area contributed by atoms with Gasteiger partial charge in [-0.3, -0.25) is 14.6 Å². The number of aromatic nitrogens is 1. The zero-order valence-corrected chi connectivity index (χ0v) is 9.94. The van der Waals surface area contributed by atoms with Crippen LogP contribution in [0, 0.1) is 12.8 Å². The van der Waals surface area contributed by atoms with E-state index in [0.717, 1.165) is 5.69 Å². The SMILES string of the molecule is Cc1cc(Cl)c(C(=O)N2CC(C(=O)O)C2)cn1. The first kappa shape index (κ1) is 11.9. The largest absolute Gasteiger partial charge is 0.481 e. The molecule has 17 heavy (non-hydrogen) atoms. The molecule has 1 aliphatic heterocycles. The summed E-state index contributed by atoms with van der Waals surface area (Å²) in [5, 5.41) is 9.07. The molecule has 6 heteroatoms. The van der Waals surface area contributed by atoms with E-state index in [1.807, 2.05) is 0 Å². The van der Waals surface area contributed by atoms with E-state index in [-0.39, 0.29) is 19.0 Å². The number of aliphatic carboxylic acids is 1. The molecule has 0 atom stereocenters. The molecule has 1 N–H and O–H groups in total. The van der Waals surface area contributed by atoms with Crippen LogP contribution in [0.4, 0.5) is 0 Å². The van der Waals surface area contributed by atoms with E-state index in [4.69, 9.17) is 16.7 Å². The minimum atomic E-state index is -0.873. The fourth-order valence-electron chi connectivity index (χ4n) is 1.65. The lowest BCUT2D eigenvalue weighted by atomic mass is 9.99. The minimum absolute atomic E-state index is 0.234. The number of carbonyl (C=O) groups is 2. The quantitative estimate of drug-likeness (QED) is 0.861. The van der Waals surface area contributed by atoms with Crippen LogP contribution in [-0.4, -0.2) is 40.0 Å². The highest BCUT2D eigenvalue weighted by Crippen LogP contribution is 2.23. The second-order valence-electron chi connectivity index (χ2n) is 4.05. The number of halogens is 1. The van der Waals surface area contributed by atoms with Crippen molar-refractivity contribution >= 4 is 23.5 Å². The van der Waals surface area contributed by atoms with Crippen molar-refractivity contribution in [2.45, 2.75) is 6.92 Å². The van der Waals surface area contributed by atoms with Crippen molar-refractivity contribution in [1.82, 2.24) is 9.88 Å². The zero-order chi connectivity index (χ0) is 12.6. The molecule has 1 saturated heterocycles. The number of carboxylic acids is 1. The van der Waals surface area contributed by atoms with Gasteiger partial charge in [0.1, 0.15) is 0 Å². The Labute approximate surface area is 103 Å². The summed E-state index contributed by atoms with van der Waals surface area (Å²) >= 11 is 5.94. The summed E-state index contributed by atoms with van der Waals surface area (Å²) in [5.41, 5.74) is 1.06. The topological polar surface area (TPSA) is 70.5 Å². The number of carbonyl (C=O) groups excluding carboxylic acids is 1. The summed E-state index contributed by atoms with van der Waals surface area (Å²) < 4.78 is 0. The number of hydrogen-bond donors (Lipinski definition) is 1. The van der Waals surface area contributed by atoms with Gasteiger partial charge in [0, 0.05) is 25.0 Å². The number of nitrogens with zero attached hydrogens (tertiary/aromatic N) is 2. The molecule has 2 heterocycles. The number of hydrogen-bond acceptors (Lipinski definition) is 3. The lowest BCUT2D eigenvalue weighted by Crippen LogP contribution is -2.53. The van der Waals surface area contributed by atoms with Crippen LogP contribution in [0.2, 0.25) is 5.02 Å². The highest BCUT2D eigenvalue weighted by molar-refractivity contribution is 6.33. The number of aryl methyl sites for hydroxylation is 1. The lowest BCUT2D eigenvalue weighted by molar-refractivity contribution is -0.146. The summed E-state index contributed by atoms with van der Waals surface area (Å²) in [6.07, 6.45) is 1.42. The predicted molar refractivity (Wildman–Crippen MR) is 61.0 cm³/mol. The van der Waals surface area contributed by atoms with E-state index in [2.05, 4.69) is 4.98 Å². The molecule has 0 bridgehead atoms. The van der Waals surface area contributed by atoms with Crippen molar-refractivity contribution in [2.75, 3.05) is 13.1 Å². The van der Waals surface area contributed by atoms with Crippen LogP contribution in [-0.2, 0) is 4.79 Å². The summed E-state index contributed by atoms with van der Waals surface area (Å²) in [6, 6.07) is 1.61. The molecule has 2 rings (SSSR count). The van der Waals surface area contributed by atoms with Crippen LogP contribution in [0.5, 0.6) is 0 Å². The summed E-state index contributed by atoms with van der Waals surface area (Å²) in [7, 11) is 0. The maximum atomic E-state index is 11.9. The molecule has 1 fully saturated rings. The molecule has 1 aliphatic rings. The highest BCUT2D eigenvalue weighted by atomic mass is 35.5. The second-order valence-corrected chi connectivity index (χ2v) is 4.46. The molecule has 90 valence electrons. The zero-order valence-electron chi connectivity index (χ0n) is 9.18. The third kappa shape index (κ3) is 2.24. The maximum Gasteiger partial charge on any atom is 0.310 e. The van der Waals surface area contributed by atoms with Crippen LogP contribution < -0.4 is 0 Å². The van der Waals surface area contributed by atoms with Crippen LogP contribution in [0.25, 0.3) is 0 Å². The second kappa shape index (κ2) is 4.33. The number of amides is 1. The van der Waals surface area contributed by atoms with Crippen molar-refractivity contribution in [2.24, 2.45) is 5.92 Å². The van der Waals surface area contributed by atoms with Gasteiger partial charge in [0.2, 0.25) is 0 Å². The molecule has 5 nitrogen and oxygen atoms in total.